The van der Waals surface area contributed by atoms with Crippen molar-refractivity contribution in [3.8, 4) is 5.75 Å². The number of nitrogens with zero attached hydrogens (tertiary/aromatic N) is 2. The molecule has 0 amide bonds. The van der Waals surface area contributed by atoms with Crippen molar-refractivity contribution in [2.24, 2.45) is 4.99 Å². The van der Waals surface area contributed by atoms with Gasteiger partial charge in [-0.2, -0.15) is 0 Å². The lowest BCUT2D eigenvalue weighted by atomic mass is 10.1. The molecule has 25 heavy (non-hydrogen) atoms. The number of hydrogen-bond acceptors (Lipinski definition) is 4. The van der Waals surface area contributed by atoms with Gasteiger partial charge in [0.25, 0.3) is 0 Å². The minimum atomic E-state index is 0. The summed E-state index contributed by atoms with van der Waals surface area (Å²) in [6, 6.07) is 8.17. The number of nitrogens with one attached hydrogen (secondary N) is 2. The number of aliphatic imine (C=N–C) groups is 1. The van der Waals surface area contributed by atoms with Crippen molar-refractivity contribution in [3.63, 3.8) is 0 Å². The third-order valence-electron chi connectivity index (χ3n) is 3.64. The molecule has 0 fully saturated rings. The second kappa shape index (κ2) is 15.2. The average Bonchev–Trinajstić information content (AvgIpc) is 2.60. The van der Waals surface area contributed by atoms with Crippen LogP contribution in [0.4, 0.5) is 0 Å². The molecule has 0 heterocycles. The molecule has 0 aliphatic carbocycles. The Morgan fingerprint density at radius 1 is 1.12 bits per heavy atom. The first kappa shape index (κ1) is 23.9. The molecular formula is C18H33IN4O2. The van der Waals surface area contributed by atoms with Gasteiger partial charge in [0, 0.05) is 33.3 Å². The van der Waals surface area contributed by atoms with Gasteiger partial charge < -0.3 is 25.0 Å². The van der Waals surface area contributed by atoms with Crippen LogP contribution in [0.2, 0.25) is 0 Å². The normalized spacial score (nSPS) is 11.2. The highest BCUT2D eigenvalue weighted by Crippen LogP contribution is 2.11. The Morgan fingerprint density at radius 3 is 2.44 bits per heavy atom. The molecule has 0 saturated carbocycles. The number of benzene rings is 1. The van der Waals surface area contributed by atoms with E-state index in [1.807, 2.05) is 12.1 Å². The number of ether oxygens (including phenoxy) is 2. The predicted octanol–water partition coefficient (Wildman–Crippen LogP) is 1.99. The summed E-state index contributed by atoms with van der Waals surface area (Å²) in [5.41, 5.74) is 1.28. The fourth-order valence-electron chi connectivity index (χ4n) is 2.15. The molecule has 0 aliphatic rings. The van der Waals surface area contributed by atoms with Crippen LogP contribution in [0, 0.1) is 0 Å². The smallest absolute Gasteiger partial charge is 0.191 e. The van der Waals surface area contributed by atoms with Crippen LogP contribution < -0.4 is 15.4 Å². The number of likely N-dealkylation sites (N-methyl/N-ethyl adjacent to an activating group) is 1. The number of rotatable bonds is 11. The highest BCUT2D eigenvalue weighted by Gasteiger charge is 2.00. The Balaban J connectivity index is 0.00000576. The second-order valence-corrected chi connectivity index (χ2v) is 5.58. The summed E-state index contributed by atoms with van der Waals surface area (Å²) < 4.78 is 10.3. The summed E-state index contributed by atoms with van der Waals surface area (Å²) in [5, 5.41) is 6.66. The van der Waals surface area contributed by atoms with Gasteiger partial charge in [-0.05, 0) is 38.1 Å². The number of hydrogen-bond donors (Lipinski definition) is 2. The van der Waals surface area contributed by atoms with E-state index in [2.05, 4.69) is 46.6 Å². The lowest BCUT2D eigenvalue weighted by Crippen LogP contribution is -2.39. The Hall–Kier alpha value is -1.06. The van der Waals surface area contributed by atoms with Gasteiger partial charge in [-0.1, -0.05) is 12.1 Å². The van der Waals surface area contributed by atoms with Gasteiger partial charge in [-0.3, -0.25) is 4.99 Å². The highest BCUT2D eigenvalue weighted by atomic mass is 127. The summed E-state index contributed by atoms with van der Waals surface area (Å²) >= 11 is 0. The van der Waals surface area contributed by atoms with Gasteiger partial charge in [0.05, 0.1) is 20.3 Å². The van der Waals surface area contributed by atoms with Gasteiger partial charge in [0.1, 0.15) is 5.75 Å². The lowest BCUT2D eigenvalue weighted by Gasteiger charge is -2.15. The van der Waals surface area contributed by atoms with Crippen LogP contribution in [0.5, 0.6) is 5.75 Å². The molecule has 0 unspecified atom stereocenters. The van der Waals surface area contributed by atoms with Crippen LogP contribution in [0.15, 0.2) is 29.3 Å². The standard InChI is InChI=1S/C18H32N4O2.HI/c1-5-19-18(21-12-13-22(2)14-15-23-3)20-11-10-16-6-8-17(24-4)9-7-16;/h6-9H,5,10-15H2,1-4H3,(H2,19,20,21);1H. The maximum atomic E-state index is 5.18. The van der Waals surface area contributed by atoms with Gasteiger partial charge in [-0.25, -0.2) is 0 Å². The van der Waals surface area contributed by atoms with E-state index in [1.54, 1.807) is 14.2 Å². The largest absolute Gasteiger partial charge is 0.497 e. The predicted molar refractivity (Wildman–Crippen MR) is 115 cm³/mol. The van der Waals surface area contributed by atoms with Crippen molar-refractivity contribution < 1.29 is 9.47 Å². The maximum Gasteiger partial charge on any atom is 0.191 e. The number of methoxy groups -OCH3 is 2. The van der Waals surface area contributed by atoms with Crippen LogP contribution in [0.3, 0.4) is 0 Å². The van der Waals surface area contributed by atoms with Crippen LogP contribution >= 0.6 is 24.0 Å². The zero-order valence-corrected chi connectivity index (χ0v) is 18.2. The fourth-order valence-corrected chi connectivity index (χ4v) is 2.15. The molecule has 0 bridgehead atoms. The molecule has 144 valence electrons. The van der Waals surface area contributed by atoms with E-state index in [0.717, 1.165) is 57.5 Å². The lowest BCUT2D eigenvalue weighted by molar-refractivity contribution is 0.163. The SMILES string of the molecule is CCNC(=NCCN(C)CCOC)NCCc1ccc(OC)cc1.I. The minimum Gasteiger partial charge on any atom is -0.497 e. The van der Waals surface area contributed by atoms with Crippen molar-refractivity contribution in [1.29, 1.82) is 0 Å². The van der Waals surface area contributed by atoms with E-state index in [-0.39, 0.29) is 24.0 Å². The maximum absolute atomic E-state index is 5.18. The Labute approximate surface area is 169 Å². The van der Waals surface area contributed by atoms with E-state index in [0.29, 0.717) is 0 Å². The molecule has 0 aliphatic heterocycles. The Bertz CT molecular complexity index is 469. The van der Waals surface area contributed by atoms with Crippen LogP contribution in [-0.2, 0) is 11.2 Å². The van der Waals surface area contributed by atoms with Crippen molar-refractivity contribution in [2.75, 3.05) is 60.6 Å². The van der Waals surface area contributed by atoms with E-state index < -0.39 is 0 Å². The molecule has 0 radical (unpaired) electrons. The van der Waals surface area contributed by atoms with Crippen molar-refractivity contribution >= 4 is 29.9 Å². The summed E-state index contributed by atoms with van der Waals surface area (Å²) in [5.74, 6) is 1.75. The summed E-state index contributed by atoms with van der Waals surface area (Å²) in [6.07, 6.45) is 0.947. The van der Waals surface area contributed by atoms with E-state index >= 15 is 0 Å². The van der Waals surface area contributed by atoms with Gasteiger partial charge in [-0.15, -0.1) is 24.0 Å². The monoisotopic (exact) mass is 464 g/mol. The molecule has 1 rings (SSSR count). The first-order valence-electron chi connectivity index (χ1n) is 8.52. The van der Waals surface area contributed by atoms with Crippen LogP contribution in [0.1, 0.15) is 12.5 Å². The molecular weight excluding hydrogens is 431 g/mol. The van der Waals surface area contributed by atoms with Gasteiger partial charge in [0.2, 0.25) is 0 Å². The molecule has 0 saturated heterocycles. The summed E-state index contributed by atoms with van der Waals surface area (Å²) in [6.45, 7) is 7.13. The number of guanidine groups is 1. The molecule has 2 N–H and O–H groups in total. The molecule has 0 aromatic heterocycles. The zero-order valence-electron chi connectivity index (χ0n) is 15.9. The number of halogens is 1. The van der Waals surface area contributed by atoms with Crippen molar-refractivity contribution in [2.45, 2.75) is 13.3 Å². The molecule has 7 heteroatoms. The van der Waals surface area contributed by atoms with Gasteiger partial charge in [0.15, 0.2) is 5.96 Å². The molecule has 0 spiro atoms. The fraction of sp³-hybridized carbons (Fsp3) is 0.611. The van der Waals surface area contributed by atoms with Gasteiger partial charge >= 0.3 is 0 Å². The minimum absolute atomic E-state index is 0. The summed E-state index contributed by atoms with van der Waals surface area (Å²) in [4.78, 5) is 6.83. The molecule has 1 aromatic rings. The Morgan fingerprint density at radius 2 is 1.84 bits per heavy atom. The zero-order chi connectivity index (χ0) is 17.6. The average molecular weight is 464 g/mol. The summed E-state index contributed by atoms with van der Waals surface area (Å²) in [7, 11) is 5.49. The third kappa shape index (κ3) is 11.2. The van der Waals surface area contributed by atoms with Crippen molar-refractivity contribution in [1.82, 2.24) is 15.5 Å². The first-order valence-corrected chi connectivity index (χ1v) is 8.52. The van der Waals surface area contributed by atoms with Crippen LogP contribution in [0.25, 0.3) is 0 Å². The molecule has 6 nitrogen and oxygen atoms in total. The molecule has 1 aromatic carbocycles. The Kier molecular flexibility index (Phi) is 14.6. The van der Waals surface area contributed by atoms with Crippen LogP contribution in [-0.4, -0.2) is 71.5 Å². The van der Waals surface area contributed by atoms with E-state index in [1.165, 1.54) is 5.56 Å². The molecule has 0 atom stereocenters. The third-order valence-corrected chi connectivity index (χ3v) is 3.64. The topological polar surface area (TPSA) is 58.1 Å². The van der Waals surface area contributed by atoms with E-state index in [4.69, 9.17) is 9.47 Å². The van der Waals surface area contributed by atoms with Crippen molar-refractivity contribution in [3.05, 3.63) is 29.8 Å². The first-order chi connectivity index (χ1) is 11.7. The van der Waals surface area contributed by atoms with E-state index in [9.17, 15) is 0 Å². The quantitative estimate of drug-likeness (QED) is 0.298. The highest BCUT2D eigenvalue weighted by molar-refractivity contribution is 14.0. The second-order valence-electron chi connectivity index (χ2n) is 5.58.